The fourth-order valence-corrected chi connectivity index (χ4v) is 2.66. The Morgan fingerprint density at radius 3 is 2.65 bits per heavy atom. The molecule has 2 aromatic carbocycles. The van der Waals surface area contributed by atoms with Gasteiger partial charge in [-0.1, -0.05) is 18.2 Å². The Labute approximate surface area is 151 Å². The summed E-state index contributed by atoms with van der Waals surface area (Å²) in [6, 6.07) is 14.1. The van der Waals surface area contributed by atoms with Crippen molar-refractivity contribution >= 4 is 23.3 Å². The Hall–Kier alpha value is -3.15. The number of benzene rings is 2. The van der Waals surface area contributed by atoms with Gasteiger partial charge in [0.1, 0.15) is 5.75 Å². The van der Waals surface area contributed by atoms with Crippen LogP contribution in [0.15, 0.2) is 48.5 Å². The number of Topliss-reactive ketones (excluding diaryl/α,β-unsaturated/α-hetero) is 1. The number of anilines is 1. The number of esters is 1. The number of rotatable bonds is 7. The summed E-state index contributed by atoms with van der Waals surface area (Å²) < 4.78 is 10.4. The van der Waals surface area contributed by atoms with Gasteiger partial charge in [0.2, 0.25) is 5.91 Å². The summed E-state index contributed by atoms with van der Waals surface area (Å²) in [7, 11) is 0. The standard InChI is InChI=1S/C20H19NO5/c1-13-16-11-14(7-8-17(16)21-20(13)24)18(22)12-26-19(23)9-10-25-15-5-3-2-4-6-15/h2-8,11,13H,9-10,12H2,1H3,(H,21,24)/t13-/m0/s1. The van der Waals surface area contributed by atoms with Crippen molar-refractivity contribution < 1.29 is 23.9 Å². The van der Waals surface area contributed by atoms with E-state index < -0.39 is 5.97 Å². The Morgan fingerprint density at radius 2 is 1.88 bits per heavy atom. The number of ether oxygens (including phenoxy) is 2. The monoisotopic (exact) mass is 353 g/mol. The van der Waals surface area contributed by atoms with Crippen LogP contribution in [-0.2, 0) is 14.3 Å². The number of amides is 1. The van der Waals surface area contributed by atoms with Crippen LogP contribution in [0.2, 0.25) is 0 Å². The van der Waals surface area contributed by atoms with E-state index in [0.717, 1.165) is 5.56 Å². The molecule has 1 aliphatic rings. The van der Waals surface area contributed by atoms with Crippen LogP contribution in [0.1, 0.15) is 35.2 Å². The van der Waals surface area contributed by atoms with E-state index in [2.05, 4.69) is 5.32 Å². The van der Waals surface area contributed by atoms with E-state index in [9.17, 15) is 14.4 Å². The highest BCUT2D eigenvalue weighted by molar-refractivity contribution is 6.05. The summed E-state index contributed by atoms with van der Waals surface area (Å²) in [5, 5.41) is 2.75. The molecule has 1 aliphatic heterocycles. The normalized spacial score (nSPS) is 15.1. The smallest absolute Gasteiger partial charge is 0.309 e. The third kappa shape index (κ3) is 4.08. The van der Waals surface area contributed by atoms with Crippen molar-refractivity contribution in [3.8, 4) is 5.75 Å². The van der Waals surface area contributed by atoms with E-state index in [1.165, 1.54) is 0 Å². The largest absolute Gasteiger partial charge is 0.493 e. The molecule has 3 rings (SSSR count). The molecule has 6 nitrogen and oxygen atoms in total. The second-order valence-electron chi connectivity index (χ2n) is 6.01. The maximum absolute atomic E-state index is 12.2. The number of hydrogen-bond acceptors (Lipinski definition) is 5. The van der Waals surface area contributed by atoms with Crippen LogP contribution in [-0.4, -0.2) is 30.9 Å². The number of carbonyl (C=O) groups excluding carboxylic acids is 3. The molecule has 0 radical (unpaired) electrons. The van der Waals surface area contributed by atoms with Gasteiger partial charge < -0.3 is 14.8 Å². The van der Waals surface area contributed by atoms with Gasteiger partial charge in [-0.3, -0.25) is 14.4 Å². The first kappa shape index (κ1) is 17.7. The van der Waals surface area contributed by atoms with E-state index in [0.29, 0.717) is 17.0 Å². The topological polar surface area (TPSA) is 81.7 Å². The fourth-order valence-electron chi connectivity index (χ4n) is 2.66. The van der Waals surface area contributed by atoms with Gasteiger partial charge in [-0.25, -0.2) is 0 Å². The van der Waals surface area contributed by atoms with Crippen LogP contribution < -0.4 is 10.1 Å². The van der Waals surface area contributed by atoms with E-state index in [-0.39, 0.29) is 37.2 Å². The zero-order valence-corrected chi connectivity index (χ0v) is 14.4. The van der Waals surface area contributed by atoms with E-state index in [1.54, 1.807) is 37.3 Å². The summed E-state index contributed by atoms with van der Waals surface area (Å²) in [5.74, 6) is -0.519. The lowest BCUT2D eigenvalue weighted by atomic mass is 9.99. The number of carbonyl (C=O) groups is 3. The van der Waals surface area contributed by atoms with Crippen molar-refractivity contribution in [2.45, 2.75) is 19.3 Å². The quantitative estimate of drug-likeness (QED) is 0.611. The van der Waals surface area contributed by atoms with Crippen molar-refractivity contribution in [2.75, 3.05) is 18.5 Å². The molecule has 1 heterocycles. The molecule has 134 valence electrons. The second kappa shape index (κ2) is 7.82. The molecule has 0 aliphatic carbocycles. The zero-order chi connectivity index (χ0) is 18.5. The average molecular weight is 353 g/mol. The molecule has 0 spiro atoms. The average Bonchev–Trinajstić information content (AvgIpc) is 2.94. The van der Waals surface area contributed by atoms with Crippen molar-refractivity contribution in [3.05, 3.63) is 59.7 Å². The predicted molar refractivity (Wildman–Crippen MR) is 95.3 cm³/mol. The van der Waals surface area contributed by atoms with Gasteiger partial charge in [-0.05, 0) is 42.8 Å². The van der Waals surface area contributed by atoms with Crippen molar-refractivity contribution in [3.63, 3.8) is 0 Å². The zero-order valence-electron chi connectivity index (χ0n) is 14.4. The van der Waals surface area contributed by atoms with Gasteiger partial charge in [0.15, 0.2) is 12.4 Å². The Balaban J connectivity index is 1.47. The molecule has 0 saturated heterocycles. The molecule has 0 aromatic heterocycles. The minimum atomic E-state index is -0.499. The Bertz CT molecular complexity index is 831. The SMILES string of the molecule is C[C@@H]1C(=O)Nc2ccc(C(=O)COC(=O)CCOc3ccccc3)cc21. The number of ketones is 1. The van der Waals surface area contributed by atoms with Crippen molar-refractivity contribution in [1.29, 1.82) is 0 Å². The molecule has 0 bridgehead atoms. The van der Waals surface area contributed by atoms with Crippen LogP contribution in [0.4, 0.5) is 5.69 Å². The summed E-state index contributed by atoms with van der Waals surface area (Å²) in [6.07, 6.45) is 0.0574. The van der Waals surface area contributed by atoms with Crippen molar-refractivity contribution in [1.82, 2.24) is 0 Å². The number of hydrogen-bond donors (Lipinski definition) is 1. The number of nitrogens with one attached hydrogen (secondary N) is 1. The van der Waals surface area contributed by atoms with Crippen LogP contribution >= 0.6 is 0 Å². The first-order chi connectivity index (χ1) is 12.5. The highest BCUT2D eigenvalue weighted by atomic mass is 16.5. The second-order valence-corrected chi connectivity index (χ2v) is 6.01. The van der Waals surface area contributed by atoms with E-state index in [4.69, 9.17) is 9.47 Å². The third-order valence-electron chi connectivity index (χ3n) is 4.17. The summed E-state index contributed by atoms with van der Waals surface area (Å²) in [6.45, 7) is 1.63. The van der Waals surface area contributed by atoms with Gasteiger partial charge in [-0.2, -0.15) is 0 Å². The molecule has 6 heteroatoms. The van der Waals surface area contributed by atoms with Crippen LogP contribution in [0, 0.1) is 0 Å². The van der Waals surface area contributed by atoms with Crippen LogP contribution in [0.3, 0.4) is 0 Å². The number of para-hydroxylation sites is 1. The molecule has 1 amide bonds. The lowest BCUT2D eigenvalue weighted by Gasteiger charge is -2.08. The fraction of sp³-hybridized carbons (Fsp3) is 0.250. The highest BCUT2D eigenvalue weighted by Crippen LogP contribution is 2.32. The van der Waals surface area contributed by atoms with Crippen molar-refractivity contribution in [2.24, 2.45) is 0 Å². The summed E-state index contributed by atoms with van der Waals surface area (Å²) in [5.41, 5.74) is 1.91. The first-order valence-electron chi connectivity index (χ1n) is 8.36. The summed E-state index contributed by atoms with van der Waals surface area (Å²) >= 11 is 0. The number of fused-ring (bicyclic) bond motifs is 1. The molecule has 2 aromatic rings. The maximum atomic E-state index is 12.2. The highest BCUT2D eigenvalue weighted by Gasteiger charge is 2.27. The molecule has 1 atom stereocenters. The molecule has 0 fully saturated rings. The van der Waals surface area contributed by atoms with Gasteiger partial charge in [0.25, 0.3) is 0 Å². The summed E-state index contributed by atoms with van der Waals surface area (Å²) in [4.78, 5) is 35.6. The van der Waals surface area contributed by atoms with E-state index >= 15 is 0 Å². The molecular formula is C20H19NO5. The maximum Gasteiger partial charge on any atom is 0.309 e. The van der Waals surface area contributed by atoms with Gasteiger partial charge in [-0.15, -0.1) is 0 Å². The van der Waals surface area contributed by atoms with Crippen LogP contribution in [0.5, 0.6) is 5.75 Å². The predicted octanol–water partition coefficient (Wildman–Crippen LogP) is 2.94. The van der Waals surface area contributed by atoms with E-state index in [1.807, 2.05) is 18.2 Å². The molecular weight excluding hydrogens is 334 g/mol. The molecule has 26 heavy (non-hydrogen) atoms. The minimum Gasteiger partial charge on any atom is -0.493 e. The lowest BCUT2D eigenvalue weighted by molar-refractivity contribution is -0.143. The lowest BCUT2D eigenvalue weighted by Crippen LogP contribution is -2.16. The molecule has 0 unspecified atom stereocenters. The first-order valence-corrected chi connectivity index (χ1v) is 8.36. The molecule has 0 saturated carbocycles. The minimum absolute atomic E-state index is 0.0574. The Kier molecular flexibility index (Phi) is 5.31. The van der Waals surface area contributed by atoms with Gasteiger partial charge in [0, 0.05) is 11.3 Å². The van der Waals surface area contributed by atoms with Gasteiger partial charge in [0.05, 0.1) is 18.9 Å². The Morgan fingerprint density at radius 1 is 1.12 bits per heavy atom. The van der Waals surface area contributed by atoms with Gasteiger partial charge >= 0.3 is 5.97 Å². The molecule has 1 N–H and O–H groups in total. The van der Waals surface area contributed by atoms with Crippen LogP contribution in [0.25, 0.3) is 0 Å². The third-order valence-corrected chi connectivity index (χ3v) is 4.17.